The normalized spacial score (nSPS) is 20.1. The molecule has 122 valence electrons. The lowest BCUT2D eigenvalue weighted by Gasteiger charge is -2.27. The number of pyridine rings is 1. The summed E-state index contributed by atoms with van der Waals surface area (Å²) in [6.07, 6.45) is 0.438. The zero-order chi connectivity index (χ0) is 16.7. The van der Waals surface area contributed by atoms with Gasteiger partial charge in [0.15, 0.2) is 9.84 Å². The molecule has 1 atom stereocenters. The van der Waals surface area contributed by atoms with Gasteiger partial charge in [0.1, 0.15) is 5.56 Å². The molecule has 0 aromatic carbocycles. The van der Waals surface area contributed by atoms with E-state index >= 15 is 0 Å². The molecular formula is C15H22N2O4S. The molecule has 0 aliphatic carbocycles. The van der Waals surface area contributed by atoms with Gasteiger partial charge in [0.05, 0.1) is 11.5 Å². The van der Waals surface area contributed by atoms with E-state index in [1.165, 1.54) is 9.47 Å². The van der Waals surface area contributed by atoms with Crippen molar-refractivity contribution in [3.05, 3.63) is 33.2 Å². The molecule has 1 aliphatic heterocycles. The monoisotopic (exact) mass is 326 g/mol. The number of amides is 1. The lowest BCUT2D eigenvalue weighted by molar-refractivity contribution is 0.0705. The summed E-state index contributed by atoms with van der Waals surface area (Å²) in [5, 5.41) is 0. The largest absolute Gasteiger partial charge is 0.335 e. The minimum absolute atomic E-state index is 0.0161. The third-order valence-electron chi connectivity index (χ3n) is 4.33. The average Bonchev–Trinajstić information content (AvgIpc) is 2.77. The predicted molar refractivity (Wildman–Crippen MR) is 84.9 cm³/mol. The van der Waals surface area contributed by atoms with Crippen molar-refractivity contribution in [3.8, 4) is 0 Å². The molecule has 2 rings (SSSR count). The van der Waals surface area contributed by atoms with E-state index < -0.39 is 9.84 Å². The van der Waals surface area contributed by atoms with Crippen molar-refractivity contribution in [2.75, 3.05) is 18.1 Å². The Labute approximate surface area is 130 Å². The molecule has 0 radical (unpaired) electrons. The topological polar surface area (TPSA) is 76.5 Å². The molecule has 6 nitrogen and oxygen atoms in total. The van der Waals surface area contributed by atoms with Gasteiger partial charge < -0.3 is 9.47 Å². The fourth-order valence-electron chi connectivity index (χ4n) is 2.97. The van der Waals surface area contributed by atoms with Gasteiger partial charge in [0.2, 0.25) is 0 Å². The highest BCUT2D eigenvalue weighted by atomic mass is 32.2. The van der Waals surface area contributed by atoms with Gasteiger partial charge in [0, 0.05) is 25.3 Å². The summed E-state index contributed by atoms with van der Waals surface area (Å²) in [5.41, 5.74) is 1.22. The van der Waals surface area contributed by atoms with E-state index in [-0.39, 0.29) is 34.6 Å². The molecule has 0 spiro atoms. The maximum Gasteiger partial charge on any atom is 0.263 e. The maximum atomic E-state index is 12.8. The Bertz CT molecular complexity index is 764. The first-order valence-corrected chi connectivity index (χ1v) is 9.18. The van der Waals surface area contributed by atoms with Gasteiger partial charge in [-0.3, -0.25) is 9.59 Å². The Kier molecular flexibility index (Phi) is 4.47. The highest BCUT2D eigenvalue weighted by Crippen LogP contribution is 2.20. The number of nitrogens with zero attached hydrogens (tertiary/aromatic N) is 2. The number of hydrogen-bond acceptors (Lipinski definition) is 4. The third-order valence-corrected chi connectivity index (χ3v) is 6.08. The lowest BCUT2D eigenvalue weighted by atomic mass is 10.1. The van der Waals surface area contributed by atoms with Gasteiger partial charge in [-0.2, -0.15) is 0 Å². The third kappa shape index (κ3) is 2.95. The van der Waals surface area contributed by atoms with Crippen LogP contribution < -0.4 is 5.56 Å². The summed E-state index contributed by atoms with van der Waals surface area (Å²) < 4.78 is 24.7. The van der Waals surface area contributed by atoms with Crippen LogP contribution in [0.5, 0.6) is 0 Å². The molecule has 0 unspecified atom stereocenters. The van der Waals surface area contributed by atoms with E-state index in [0.717, 1.165) is 5.69 Å². The van der Waals surface area contributed by atoms with Crippen LogP contribution in [0.2, 0.25) is 0 Å². The molecule has 2 heterocycles. The van der Waals surface area contributed by atoms with E-state index in [2.05, 4.69) is 0 Å². The number of carbonyl (C=O) groups is 1. The van der Waals surface area contributed by atoms with Crippen LogP contribution in [0.3, 0.4) is 0 Å². The number of carbonyl (C=O) groups excluding carboxylic acids is 1. The minimum Gasteiger partial charge on any atom is -0.335 e. The first-order chi connectivity index (χ1) is 10.2. The summed E-state index contributed by atoms with van der Waals surface area (Å²) in [5.74, 6) is -0.285. The number of hydrogen-bond donors (Lipinski definition) is 0. The van der Waals surface area contributed by atoms with Crippen molar-refractivity contribution in [3.63, 3.8) is 0 Å². The van der Waals surface area contributed by atoms with Crippen molar-refractivity contribution in [2.24, 2.45) is 7.05 Å². The molecule has 0 N–H and O–H groups in total. The van der Waals surface area contributed by atoms with E-state index in [4.69, 9.17) is 0 Å². The van der Waals surface area contributed by atoms with E-state index in [1.807, 2.05) is 6.92 Å². The lowest BCUT2D eigenvalue weighted by Crippen LogP contribution is -2.44. The smallest absolute Gasteiger partial charge is 0.263 e. The fourth-order valence-corrected chi connectivity index (χ4v) is 4.70. The van der Waals surface area contributed by atoms with Crippen LogP contribution in [-0.4, -0.2) is 47.9 Å². The molecule has 1 aromatic rings. The zero-order valence-electron chi connectivity index (χ0n) is 13.4. The van der Waals surface area contributed by atoms with Gasteiger partial charge in [0.25, 0.3) is 11.5 Å². The predicted octanol–water partition coefficient (Wildman–Crippen LogP) is 0.651. The van der Waals surface area contributed by atoms with Crippen LogP contribution >= 0.6 is 0 Å². The number of aromatic nitrogens is 1. The van der Waals surface area contributed by atoms with Crippen molar-refractivity contribution >= 4 is 15.7 Å². The Morgan fingerprint density at radius 1 is 1.41 bits per heavy atom. The molecule has 0 saturated carbocycles. The van der Waals surface area contributed by atoms with E-state index in [0.29, 0.717) is 18.5 Å². The Balaban J connectivity index is 2.43. The SMILES string of the molecule is CCN(C(=O)c1c(C)cc(C)n(C)c1=O)[C@@H]1CCS(=O)(=O)C1. The molecule has 1 aliphatic rings. The molecule has 1 amide bonds. The molecule has 7 heteroatoms. The Morgan fingerprint density at radius 3 is 2.55 bits per heavy atom. The van der Waals surface area contributed by atoms with Crippen LogP contribution in [0.1, 0.15) is 35.0 Å². The van der Waals surface area contributed by atoms with Crippen LogP contribution in [0.25, 0.3) is 0 Å². The van der Waals surface area contributed by atoms with Crippen molar-refractivity contribution in [2.45, 2.75) is 33.2 Å². The minimum atomic E-state index is -3.08. The van der Waals surface area contributed by atoms with E-state index in [9.17, 15) is 18.0 Å². The van der Waals surface area contributed by atoms with E-state index in [1.54, 1.807) is 27.0 Å². The Morgan fingerprint density at radius 2 is 2.05 bits per heavy atom. The summed E-state index contributed by atoms with van der Waals surface area (Å²) in [7, 11) is -1.45. The van der Waals surface area contributed by atoms with Crippen LogP contribution in [0.15, 0.2) is 10.9 Å². The van der Waals surface area contributed by atoms with Crippen LogP contribution in [0.4, 0.5) is 0 Å². The average molecular weight is 326 g/mol. The molecule has 1 saturated heterocycles. The van der Waals surface area contributed by atoms with Gasteiger partial charge in [-0.05, 0) is 38.8 Å². The molecule has 1 aromatic heterocycles. The summed E-state index contributed by atoms with van der Waals surface area (Å²) in [6.45, 7) is 5.73. The van der Waals surface area contributed by atoms with Gasteiger partial charge in [-0.15, -0.1) is 0 Å². The summed E-state index contributed by atoms with van der Waals surface area (Å²) in [4.78, 5) is 26.7. The van der Waals surface area contributed by atoms with Crippen LogP contribution in [-0.2, 0) is 16.9 Å². The second kappa shape index (κ2) is 5.87. The first kappa shape index (κ1) is 16.7. The second-order valence-electron chi connectivity index (χ2n) is 5.86. The zero-order valence-corrected chi connectivity index (χ0v) is 14.2. The molecule has 22 heavy (non-hydrogen) atoms. The molecule has 0 bridgehead atoms. The quantitative estimate of drug-likeness (QED) is 0.817. The standard InChI is InChI=1S/C15H22N2O4S/c1-5-17(12-6-7-22(20,21)9-12)15(19)13-10(2)8-11(3)16(4)14(13)18/h8,12H,5-7,9H2,1-4H3/t12-/m1/s1. The first-order valence-electron chi connectivity index (χ1n) is 7.36. The second-order valence-corrected chi connectivity index (χ2v) is 8.08. The number of rotatable bonds is 3. The number of sulfone groups is 1. The Hall–Kier alpha value is -1.63. The highest BCUT2D eigenvalue weighted by molar-refractivity contribution is 7.91. The van der Waals surface area contributed by atoms with Crippen molar-refractivity contribution in [1.82, 2.24) is 9.47 Å². The molecular weight excluding hydrogens is 304 g/mol. The number of aryl methyl sites for hydroxylation is 2. The van der Waals surface area contributed by atoms with Gasteiger partial charge >= 0.3 is 0 Å². The van der Waals surface area contributed by atoms with Crippen molar-refractivity contribution < 1.29 is 13.2 Å². The highest BCUT2D eigenvalue weighted by Gasteiger charge is 2.35. The maximum absolute atomic E-state index is 12.8. The van der Waals surface area contributed by atoms with Gasteiger partial charge in [-0.1, -0.05) is 0 Å². The van der Waals surface area contributed by atoms with Gasteiger partial charge in [-0.25, -0.2) is 8.42 Å². The fraction of sp³-hybridized carbons (Fsp3) is 0.600. The molecule has 1 fully saturated rings. The summed E-state index contributed by atoms with van der Waals surface area (Å²) in [6, 6.07) is 1.46. The summed E-state index contributed by atoms with van der Waals surface area (Å²) >= 11 is 0. The van der Waals surface area contributed by atoms with Crippen molar-refractivity contribution in [1.29, 1.82) is 0 Å². The van der Waals surface area contributed by atoms with Crippen LogP contribution in [0, 0.1) is 13.8 Å².